The van der Waals surface area contributed by atoms with Crippen LogP contribution in [0.4, 0.5) is 11.8 Å². The van der Waals surface area contributed by atoms with Gasteiger partial charge in [0, 0.05) is 13.6 Å². The number of nitrogens with one attached hydrogen (secondary N) is 2. The fourth-order valence-corrected chi connectivity index (χ4v) is 2.78. The standard InChI is InChI=1S/C14H23ClN4/c1-10-3-5-11(6-4-10)7-8-17-13-12(15)9-18-14(16-2)19-13/h9-11H,3-8H2,1-2H3,(H2,16,17,18,19). The molecule has 0 aromatic carbocycles. The van der Waals surface area contributed by atoms with Gasteiger partial charge in [0.25, 0.3) is 0 Å². The van der Waals surface area contributed by atoms with E-state index >= 15 is 0 Å². The Balaban J connectivity index is 1.79. The second-order valence-electron chi connectivity index (χ2n) is 5.48. The molecule has 2 rings (SSSR count). The molecule has 0 bridgehead atoms. The summed E-state index contributed by atoms with van der Waals surface area (Å²) in [6.45, 7) is 3.29. The fraction of sp³-hybridized carbons (Fsp3) is 0.714. The first-order valence-electron chi connectivity index (χ1n) is 7.13. The number of aromatic nitrogens is 2. The van der Waals surface area contributed by atoms with Crippen molar-refractivity contribution in [2.45, 2.75) is 39.0 Å². The molecule has 0 aliphatic heterocycles. The van der Waals surface area contributed by atoms with Crippen molar-refractivity contribution in [2.24, 2.45) is 11.8 Å². The molecule has 1 aliphatic rings. The predicted octanol–water partition coefficient (Wildman–Crippen LogP) is 3.80. The molecular formula is C14H23ClN4. The van der Waals surface area contributed by atoms with Gasteiger partial charge in [-0.15, -0.1) is 0 Å². The molecular weight excluding hydrogens is 260 g/mol. The van der Waals surface area contributed by atoms with Crippen molar-refractivity contribution in [3.05, 3.63) is 11.2 Å². The van der Waals surface area contributed by atoms with Crippen molar-refractivity contribution in [1.82, 2.24) is 9.97 Å². The average Bonchev–Trinajstić information content (AvgIpc) is 2.43. The molecule has 0 amide bonds. The highest BCUT2D eigenvalue weighted by atomic mass is 35.5. The van der Waals surface area contributed by atoms with Crippen LogP contribution in [0.15, 0.2) is 6.20 Å². The van der Waals surface area contributed by atoms with Gasteiger partial charge in [-0.1, -0.05) is 44.2 Å². The van der Waals surface area contributed by atoms with E-state index in [9.17, 15) is 0 Å². The van der Waals surface area contributed by atoms with E-state index < -0.39 is 0 Å². The number of nitrogens with zero attached hydrogens (tertiary/aromatic N) is 2. The van der Waals surface area contributed by atoms with Crippen LogP contribution in [0, 0.1) is 11.8 Å². The molecule has 1 heterocycles. The molecule has 0 unspecified atom stereocenters. The fourth-order valence-electron chi connectivity index (χ4n) is 2.62. The smallest absolute Gasteiger partial charge is 0.224 e. The van der Waals surface area contributed by atoms with E-state index in [4.69, 9.17) is 11.6 Å². The molecule has 1 fully saturated rings. The highest BCUT2D eigenvalue weighted by molar-refractivity contribution is 6.32. The van der Waals surface area contributed by atoms with Crippen molar-refractivity contribution in [2.75, 3.05) is 24.2 Å². The predicted molar refractivity (Wildman–Crippen MR) is 80.8 cm³/mol. The Hall–Kier alpha value is -1.03. The van der Waals surface area contributed by atoms with E-state index in [0.29, 0.717) is 11.0 Å². The van der Waals surface area contributed by atoms with Gasteiger partial charge in [-0.25, -0.2) is 4.98 Å². The van der Waals surface area contributed by atoms with E-state index in [0.717, 1.165) is 24.2 Å². The summed E-state index contributed by atoms with van der Waals surface area (Å²) in [5.41, 5.74) is 0. The number of rotatable bonds is 5. The van der Waals surface area contributed by atoms with Crippen LogP contribution in [0.3, 0.4) is 0 Å². The highest BCUT2D eigenvalue weighted by Crippen LogP contribution is 2.30. The van der Waals surface area contributed by atoms with Crippen molar-refractivity contribution < 1.29 is 0 Å². The lowest BCUT2D eigenvalue weighted by Gasteiger charge is -2.26. The first-order valence-corrected chi connectivity index (χ1v) is 7.51. The molecule has 19 heavy (non-hydrogen) atoms. The summed E-state index contributed by atoms with van der Waals surface area (Å²) < 4.78 is 0. The molecule has 106 valence electrons. The van der Waals surface area contributed by atoms with Gasteiger partial charge in [0.2, 0.25) is 5.95 Å². The van der Waals surface area contributed by atoms with Crippen molar-refractivity contribution in [3.63, 3.8) is 0 Å². The monoisotopic (exact) mass is 282 g/mol. The zero-order valence-electron chi connectivity index (χ0n) is 11.7. The number of halogens is 1. The van der Waals surface area contributed by atoms with Crippen molar-refractivity contribution in [3.8, 4) is 0 Å². The van der Waals surface area contributed by atoms with Crippen LogP contribution < -0.4 is 10.6 Å². The molecule has 1 aromatic heterocycles. The van der Waals surface area contributed by atoms with Crippen LogP contribution in [-0.2, 0) is 0 Å². The Morgan fingerprint density at radius 3 is 2.74 bits per heavy atom. The largest absolute Gasteiger partial charge is 0.369 e. The van der Waals surface area contributed by atoms with Gasteiger partial charge in [-0.2, -0.15) is 4.98 Å². The zero-order valence-corrected chi connectivity index (χ0v) is 12.5. The van der Waals surface area contributed by atoms with Crippen LogP contribution >= 0.6 is 11.6 Å². The minimum Gasteiger partial charge on any atom is -0.369 e. The first-order chi connectivity index (χ1) is 9.19. The van der Waals surface area contributed by atoms with E-state index in [1.54, 1.807) is 13.2 Å². The molecule has 1 saturated carbocycles. The van der Waals surface area contributed by atoms with E-state index in [1.807, 2.05) is 0 Å². The van der Waals surface area contributed by atoms with Gasteiger partial charge >= 0.3 is 0 Å². The lowest BCUT2D eigenvalue weighted by Crippen LogP contribution is -2.16. The minimum absolute atomic E-state index is 0.580. The average molecular weight is 283 g/mol. The van der Waals surface area contributed by atoms with Crippen LogP contribution in [0.5, 0.6) is 0 Å². The van der Waals surface area contributed by atoms with Gasteiger partial charge in [-0.05, 0) is 18.3 Å². The molecule has 0 atom stereocenters. The lowest BCUT2D eigenvalue weighted by molar-refractivity contribution is 0.282. The summed E-state index contributed by atoms with van der Waals surface area (Å²) in [5, 5.41) is 6.82. The normalized spacial score (nSPS) is 23.1. The quantitative estimate of drug-likeness (QED) is 0.862. The van der Waals surface area contributed by atoms with Gasteiger partial charge in [0.15, 0.2) is 0 Å². The van der Waals surface area contributed by atoms with Gasteiger partial charge in [0.05, 0.1) is 6.20 Å². The van der Waals surface area contributed by atoms with Crippen molar-refractivity contribution in [1.29, 1.82) is 0 Å². The van der Waals surface area contributed by atoms with Gasteiger partial charge in [-0.3, -0.25) is 0 Å². The Morgan fingerprint density at radius 1 is 1.32 bits per heavy atom. The Bertz CT molecular complexity index is 402. The molecule has 1 aliphatic carbocycles. The molecule has 4 nitrogen and oxygen atoms in total. The SMILES string of the molecule is CNc1ncc(Cl)c(NCCC2CCC(C)CC2)n1. The molecule has 2 N–H and O–H groups in total. The molecule has 0 radical (unpaired) electrons. The summed E-state index contributed by atoms with van der Waals surface area (Å²) in [6.07, 6.45) is 8.31. The summed E-state index contributed by atoms with van der Waals surface area (Å²) in [7, 11) is 1.80. The van der Waals surface area contributed by atoms with E-state index in [-0.39, 0.29) is 0 Å². The number of anilines is 2. The summed E-state index contributed by atoms with van der Waals surface area (Å²) in [6, 6.07) is 0. The maximum atomic E-state index is 6.08. The Morgan fingerprint density at radius 2 is 2.05 bits per heavy atom. The second kappa shape index (κ2) is 6.94. The highest BCUT2D eigenvalue weighted by Gasteiger charge is 2.17. The maximum Gasteiger partial charge on any atom is 0.224 e. The second-order valence-corrected chi connectivity index (χ2v) is 5.89. The van der Waals surface area contributed by atoms with Crippen LogP contribution in [0.1, 0.15) is 39.0 Å². The van der Waals surface area contributed by atoms with E-state index in [2.05, 4.69) is 27.5 Å². The summed E-state index contributed by atoms with van der Waals surface area (Å²) in [5.74, 6) is 3.09. The van der Waals surface area contributed by atoms with E-state index in [1.165, 1.54) is 32.1 Å². The van der Waals surface area contributed by atoms with Crippen LogP contribution in [-0.4, -0.2) is 23.6 Å². The van der Waals surface area contributed by atoms with Crippen LogP contribution in [0.2, 0.25) is 5.02 Å². The third-order valence-corrected chi connectivity index (χ3v) is 4.22. The zero-order chi connectivity index (χ0) is 13.7. The van der Waals surface area contributed by atoms with Crippen molar-refractivity contribution >= 4 is 23.4 Å². The van der Waals surface area contributed by atoms with Crippen LogP contribution in [0.25, 0.3) is 0 Å². The number of hydrogen-bond acceptors (Lipinski definition) is 4. The summed E-state index contributed by atoms with van der Waals surface area (Å²) in [4.78, 5) is 8.39. The number of hydrogen-bond donors (Lipinski definition) is 2. The molecule has 0 saturated heterocycles. The first kappa shape index (κ1) is 14.4. The lowest BCUT2D eigenvalue weighted by atomic mass is 9.81. The Kier molecular flexibility index (Phi) is 5.25. The maximum absolute atomic E-state index is 6.08. The van der Waals surface area contributed by atoms with Gasteiger partial charge < -0.3 is 10.6 Å². The van der Waals surface area contributed by atoms with Gasteiger partial charge in [0.1, 0.15) is 10.8 Å². The molecule has 0 spiro atoms. The third kappa shape index (κ3) is 4.23. The molecule has 5 heteroatoms. The summed E-state index contributed by atoms with van der Waals surface area (Å²) >= 11 is 6.08. The molecule has 1 aromatic rings. The minimum atomic E-state index is 0.580. The third-order valence-electron chi connectivity index (χ3n) is 3.95. The topological polar surface area (TPSA) is 49.8 Å². The Labute approximate surface area is 120 Å².